The van der Waals surface area contributed by atoms with E-state index < -0.39 is 12.1 Å². The molecule has 0 aromatic rings. The monoisotopic (exact) mass is 441 g/mol. The van der Waals surface area contributed by atoms with E-state index >= 15 is 0 Å². The summed E-state index contributed by atoms with van der Waals surface area (Å²) in [6.45, 7) is 4.29. The zero-order valence-corrected chi connectivity index (χ0v) is 21.0. The van der Waals surface area contributed by atoms with E-state index in [-0.39, 0.29) is 12.5 Å². The number of hydrogen-bond acceptors (Lipinski definition) is 3. The summed E-state index contributed by atoms with van der Waals surface area (Å²) in [5.41, 5.74) is 0. The van der Waals surface area contributed by atoms with E-state index in [2.05, 4.69) is 19.2 Å². The van der Waals surface area contributed by atoms with Crippen LogP contribution in [0.2, 0.25) is 0 Å². The Labute approximate surface area is 194 Å². The molecule has 0 aromatic carbocycles. The van der Waals surface area contributed by atoms with Crippen molar-refractivity contribution < 1.29 is 15.0 Å². The third kappa shape index (κ3) is 21.0. The minimum atomic E-state index is -0.647. The second kappa shape index (κ2) is 24.0. The van der Waals surface area contributed by atoms with Crippen LogP contribution >= 0.6 is 0 Å². The van der Waals surface area contributed by atoms with Gasteiger partial charge in [0.25, 0.3) is 0 Å². The molecule has 3 N–H and O–H groups in total. The summed E-state index contributed by atoms with van der Waals surface area (Å²) in [5, 5.41) is 22.7. The van der Waals surface area contributed by atoms with E-state index in [4.69, 9.17) is 0 Å². The fourth-order valence-electron chi connectivity index (χ4n) is 4.18. The van der Waals surface area contributed by atoms with Crippen molar-refractivity contribution in [2.75, 3.05) is 6.61 Å². The Morgan fingerprint density at radius 3 is 1.45 bits per heavy atom. The summed E-state index contributed by atoms with van der Waals surface area (Å²) in [7, 11) is 0. The van der Waals surface area contributed by atoms with E-state index in [0.717, 1.165) is 25.7 Å². The molecule has 0 saturated carbocycles. The van der Waals surface area contributed by atoms with Crippen LogP contribution in [0.5, 0.6) is 0 Å². The number of nitrogens with one attached hydrogen (secondary N) is 1. The van der Waals surface area contributed by atoms with Gasteiger partial charge in [-0.05, 0) is 12.8 Å². The lowest BCUT2D eigenvalue weighted by atomic mass is 10.0. The highest BCUT2D eigenvalue weighted by molar-refractivity contribution is 5.76. The van der Waals surface area contributed by atoms with Gasteiger partial charge in [0.2, 0.25) is 5.91 Å². The second-order valence-corrected chi connectivity index (χ2v) is 9.47. The Morgan fingerprint density at radius 1 is 0.645 bits per heavy atom. The van der Waals surface area contributed by atoms with Crippen LogP contribution in [0.25, 0.3) is 0 Å². The zero-order valence-electron chi connectivity index (χ0n) is 21.0. The van der Waals surface area contributed by atoms with Crippen molar-refractivity contribution in [2.45, 2.75) is 161 Å². The quantitative estimate of drug-likeness (QED) is 0.140. The summed E-state index contributed by atoms with van der Waals surface area (Å²) in [5.74, 6) is -0.0373. The van der Waals surface area contributed by atoms with Gasteiger partial charge in [-0.25, -0.2) is 0 Å². The minimum absolute atomic E-state index is 0.0373. The molecule has 2 atom stereocenters. The number of carbonyl (C=O) groups excluding carboxylic acids is 1. The number of aliphatic hydroxyl groups is 2. The number of hydrogen-bond donors (Lipinski definition) is 3. The van der Waals surface area contributed by atoms with Gasteiger partial charge >= 0.3 is 0 Å². The normalized spacial score (nSPS) is 13.3. The predicted octanol–water partition coefficient (Wildman–Crippen LogP) is 7.06. The lowest BCUT2D eigenvalue weighted by molar-refractivity contribution is -0.123. The average Bonchev–Trinajstić information content (AvgIpc) is 2.77. The summed E-state index contributed by atoms with van der Waals surface area (Å²) < 4.78 is 0. The van der Waals surface area contributed by atoms with Gasteiger partial charge in [0.05, 0.1) is 18.8 Å². The molecule has 0 rings (SSSR count). The fourth-order valence-corrected chi connectivity index (χ4v) is 4.18. The van der Waals surface area contributed by atoms with Gasteiger partial charge in [-0.3, -0.25) is 4.79 Å². The molecule has 0 saturated heterocycles. The summed E-state index contributed by atoms with van der Waals surface area (Å²) in [4.78, 5) is 12.1. The average molecular weight is 442 g/mol. The number of rotatable bonds is 24. The molecule has 0 fully saturated rings. The molecule has 0 radical (unpaired) electrons. The molecule has 0 bridgehead atoms. The van der Waals surface area contributed by atoms with Crippen LogP contribution in [-0.4, -0.2) is 34.9 Å². The van der Waals surface area contributed by atoms with E-state index in [1.54, 1.807) is 0 Å². The van der Waals surface area contributed by atoms with Crippen molar-refractivity contribution in [2.24, 2.45) is 0 Å². The SMILES string of the molecule is CCCCCCCCCCCCCCC(=O)NC(CO)C(O)CCCCCCCCC. The molecule has 0 heterocycles. The predicted molar refractivity (Wildman–Crippen MR) is 133 cm³/mol. The summed E-state index contributed by atoms with van der Waals surface area (Å²) in [6.07, 6.45) is 24.3. The molecule has 1 amide bonds. The maximum absolute atomic E-state index is 12.1. The highest BCUT2D eigenvalue weighted by Gasteiger charge is 2.19. The standard InChI is InChI=1S/C27H55NO3/c1-3-5-7-9-11-12-13-14-15-17-19-21-23-27(31)28-25(24-29)26(30)22-20-18-16-10-8-6-4-2/h25-26,29-30H,3-24H2,1-2H3,(H,28,31). The van der Waals surface area contributed by atoms with E-state index in [1.807, 2.05) is 0 Å². The van der Waals surface area contributed by atoms with E-state index in [1.165, 1.54) is 96.3 Å². The topological polar surface area (TPSA) is 69.6 Å². The Hall–Kier alpha value is -0.610. The van der Waals surface area contributed by atoms with Gasteiger partial charge in [-0.2, -0.15) is 0 Å². The second-order valence-electron chi connectivity index (χ2n) is 9.47. The molecule has 4 nitrogen and oxygen atoms in total. The van der Waals surface area contributed by atoms with Gasteiger partial charge < -0.3 is 15.5 Å². The van der Waals surface area contributed by atoms with Crippen molar-refractivity contribution in [1.82, 2.24) is 5.32 Å². The molecular formula is C27H55NO3. The third-order valence-corrected chi connectivity index (χ3v) is 6.37. The first-order valence-electron chi connectivity index (χ1n) is 13.7. The lowest BCUT2D eigenvalue weighted by Gasteiger charge is -2.22. The molecule has 0 aliphatic carbocycles. The van der Waals surface area contributed by atoms with Gasteiger partial charge in [0.15, 0.2) is 0 Å². The number of amides is 1. The van der Waals surface area contributed by atoms with Crippen LogP contribution in [0, 0.1) is 0 Å². The highest BCUT2D eigenvalue weighted by Crippen LogP contribution is 2.13. The van der Waals surface area contributed by atoms with Crippen LogP contribution in [0.4, 0.5) is 0 Å². The van der Waals surface area contributed by atoms with Crippen LogP contribution in [0.1, 0.15) is 149 Å². The Morgan fingerprint density at radius 2 is 1.03 bits per heavy atom. The smallest absolute Gasteiger partial charge is 0.220 e. The number of carbonyl (C=O) groups is 1. The van der Waals surface area contributed by atoms with Gasteiger partial charge in [-0.1, -0.05) is 129 Å². The first-order chi connectivity index (χ1) is 15.2. The van der Waals surface area contributed by atoms with E-state index in [9.17, 15) is 15.0 Å². The van der Waals surface area contributed by atoms with Crippen LogP contribution in [0.3, 0.4) is 0 Å². The highest BCUT2D eigenvalue weighted by atomic mass is 16.3. The molecule has 186 valence electrons. The number of unbranched alkanes of at least 4 members (excludes halogenated alkanes) is 17. The molecule has 0 aliphatic rings. The van der Waals surface area contributed by atoms with Crippen molar-refractivity contribution in [3.63, 3.8) is 0 Å². The molecule has 0 aromatic heterocycles. The molecule has 0 aliphatic heterocycles. The summed E-state index contributed by atoms with van der Waals surface area (Å²) >= 11 is 0. The summed E-state index contributed by atoms with van der Waals surface area (Å²) in [6, 6.07) is -0.523. The zero-order chi connectivity index (χ0) is 23.0. The Balaban J connectivity index is 3.59. The first kappa shape index (κ1) is 30.4. The Kier molecular flexibility index (Phi) is 23.6. The Bertz CT molecular complexity index is 375. The molecule has 31 heavy (non-hydrogen) atoms. The maximum atomic E-state index is 12.1. The van der Waals surface area contributed by atoms with Crippen molar-refractivity contribution >= 4 is 5.91 Å². The van der Waals surface area contributed by atoms with E-state index in [0.29, 0.717) is 12.8 Å². The molecule has 2 unspecified atom stereocenters. The van der Waals surface area contributed by atoms with Crippen molar-refractivity contribution in [1.29, 1.82) is 0 Å². The molecule has 0 spiro atoms. The van der Waals surface area contributed by atoms with Crippen molar-refractivity contribution in [3.8, 4) is 0 Å². The van der Waals surface area contributed by atoms with Gasteiger partial charge in [-0.15, -0.1) is 0 Å². The largest absolute Gasteiger partial charge is 0.394 e. The number of aliphatic hydroxyl groups excluding tert-OH is 2. The van der Waals surface area contributed by atoms with Crippen molar-refractivity contribution in [3.05, 3.63) is 0 Å². The minimum Gasteiger partial charge on any atom is -0.394 e. The third-order valence-electron chi connectivity index (χ3n) is 6.37. The van der Waals surface area contributed by atoms with Gasteiger partial charge in [0.1, 0.15) is 0 Å². The van der Waals surface area contributed by atoms with Crippen LogP contribution < -0.4 is 5.32 Å². The van der Waals surface area contributed by atoms with Crippen LogP contribution in [-0.2, 0) is 4.79 Å². The maximum Gasteiger partial charge on any atom is 0.220 e. The molecule has 4 heteroatoms. The fraction of sp³-hybridized carbons (Fsp3) is 0.963. The van der Waals surface area contributed by atoms with Gasteiger partial charge in [0, 0.05) is 6.42 Å². The first-order valence-corrected chi connectivity index (χ1v) is 13.7. The molecular weight excluding hydrogens is 386 g/mol. The lowest BCUT2D eigenvalue weighted by Crippen LogP contribution is -2.45. The van der Waals surface area contributed by atoms with Crippen LogP contribution in [0.15, 0.2) is 0 Å².